The van der Waals surface area contributed by atoms with Crippen molar-refractivity contribution in [3.05, 3.63) is 41.5 Å². The predicted octanol–water partition coefficient (Wildman–Crippen LogP) is 3.71. The number of hydrogen-bond donors (Lipinski definition) is 0. The summed E-state index contributed by atoms with van der Waals surface area (Å²) in [5.41, 5.74) is -0.122. The second kappa shape index (κ2) is 9.28. The number of hydrogen-bond acceptors (Lipinski definition) is 5. The van der Waals surface area contributed by atoms with Gasteiger partial charge in [-0.05, 0) is 31.0 Å². The van der Waals surface area contributed by atoms with E-state index in [0.29, 0.717) is 62.8 Å². The second-order valence-corrected chi connectivity index (χ2v) is 7.12. The summed E-state index contributed by atoms with van der Waals surface area (Å²) in [6.45, 7) is 4.06. The molecule has 1 saturated heterocycles. The molecule has 0 radical (unpaired) electrons. The molecule has 9 heteroatoms. The Hall–Kier alpha value is -2.58. The highest BCUT2D eigenvalue weighted by molar-refractivity contribution is 5.76. The van der Waals surface area contributed by atoms with Crippen molar-refractivity contribution in [3.8, 4) is 0 Å². The van der Waals surface area contributed by atoms with Gasteiger partial charge < -0.3 is 14.3 Å². The van der Waals surface area contributed by atoms with Crippen LogP contribution in [0.4, 0.5) is 18.9 Å². The van der Waals surface area contributed by atoms with Gasteiger partial charge in [0.2, 0.25) is 11.8 Å². The lowest BCUT2D eigenvalue weighted by Gasteiger charge is -2.36. The minimum absolute atomic E-state index is 0.0435. The Morgan fingerprint density at radius 2 is 1.93 bits per heavy atom. The SMILES string of the molecule is CCCc1noc(CCCC(=O)N2CCN(c3cccc(C(F)(F)F)c3)CC2)n1. The minimum atomic E-state index is -4.36. The largest absolute Gasteiger partial charge is 0.416 e. The van der Waals surface area contributed by atoms with Gasteiger partial charge in [0.25, 0.3) is 0 Å². The zero-order chi connectivity index (χ0) is 20.9. The van der Waals surface area contributed by atoms with Crippen molar-refractivity contribution in [2.24, 2.45) is 0 Å². The number of anilines is 1. The van der Waals surface area contributed by atoms with E-state index < -0.39 is 11.7 Å². The van der Waals surface area contributed by atoms with Crippen LogP contribution in [0.15, 0.2) is 28.8 Å². The molecule has 1 aromatic carbocycles. The fourth-order valence-corrected chi connectivity index (χ4v) is 3.36. The monoisotopic (exact) mass is 410 g/mol. The molecule has 0 aliphatic carbocycles. The first kappa shape index (κ1) is 21.1. The van der Waals surface area contributed by atoms with Crippen LogP contribution in [-0.2, 0) is 23.8 Å². The Kier molecular flexibility index (Phi) is 6.76. The summed E-state index contributed by atoms with van der Waals surface area (Å²) in [5, 5.41) is 3.89. The molecule has 0 bridgehead atoms. The summed E-state index contributed by atoms with van der Waals surface area (Å²) in [6.07, 6.45) is -1.06. The third-order valence-electron chi connectivity index (χ3n) is 4.94. The second-order valence-electron chi connectivity index (χ2n) is 7.12. The molecule has 0 atom stereocenters. The van der Waals surface area contributed by atoms with Gasteiger partial charge in [0.05, 0.1) is 5.56 Å². The van der Waals surface area contributed by atoms with E-state index in [0.717, 1.165) is 25.0 Å². The fourth-order valence-electron chi connectivity index (χ4n) is 3.36. The number of aryl methyl sites for hydroxylation is 2. The van der Waals surface area contributed by atoms with Crippen molar-refractivity contribution in [2.45, 2.75) is 45.2 Å². The lowest BCUT2D eigenvalue weighted by atomic mass is 10.1. The van der Waals surface area contributed by atoms with Crippen molar-refractivity contribution in [3.63, 3.8) is 0 Å². The number of alkyl halides is 3. The van der Waals surface area contributed by atoms with E-state index in [1.54, 1.807) is 11.0 Å². The molecule has 1 amide bonds. The van der Waals surface area contributed by atoms with Crippen molar-refractivity contribution >= 4 is 11.6 Å². The molecule has 1 aromatic heterocycles. The topological polar surface area (TPSA) is 62.5 Å². The summed E-state index contributed by atoms with van der Waals surface area (Å²) in [6, 6.07) is 5.32. The van der Waals surface area contributed by atoms with E-state index >= 15 is 0 Å². The summed E-state index contributed by atoms with van der Waals surface area (Å²) in [4.78, 5) is 20.4. The van der Waals surface area contributed by atoms with Gasteiger partial charge in [-0.25, -0.2) is 0 Å². The van der Waals surface area contributed by atoms with Gasteiger partial charge in [-0.1, -0.05) is 18.1 Å². The smallest absolute Gasteiger partial charge is 0.368 e. The lowest BCUT2D eigenvalue weighted by Crippen LogP contribution is -2.48. The normalized spacial score (nSPS) is 15.0. The zero-order valence-electron chi connectivity index (χ0n) is 16.4. The molecule has 0 spiro atoms. The number of halogens is 3. The molecule has 2 aromatic rings. The number of carbonyl (C=O) groups is 1. The van der Waals surface area contributed by atoms with Crippen molar-refractivity contribution < 1.29 is 22.5 Å². The number of carbonyl (C=O) groups excluding carboxylic acids is 1. The lowest BCUT2D eigenvalue weighted by molar-refractivity contribution is -0.137. The third kappa shape index (κ3) is 5.71. The van der Waals surface area contributed by atoms with Gasteiger partial charge >= 0.3 is 6.18 Å². The highest BCUT2D eigenvalue weighted by Crippen LogP contribution is 2.31. The molecule has 0 unspecified atom stereocenters. The molecular formula is C20H25F3N4O2. The van der Waals surface area contributed by atoms with Gasteiger partial charge in [-0.15, -0.1) is 0 Å². The molecule has 6 nitrogen and oxygen atoms in total. The molecule has 1 aliphatic heterocycles. The van der Waals surface area contributed by atoms with Gasteiger partial charge in [-0.2, -0.15) is 18.2 Å². The molecule has 1 aliphatic rings. The Balaban J connectivity index is 1.44. The molecule has 3 rings (SSSR count). The Morgan fingerprint density at radius 3 is 2.62 bits per heavy atom. The van der Waals surface area contributed by atoms with Crippen LogP contribution < -0.4 is 4.90 Å². The van der Waals surface area contributed by atoms with Crippen molar-refractivity contribution in [1.29, 1.82) is 0 Å². The number of nitrogens with zero attached hydrogens (tertiary/aromatic N) is 4. The Morgan fingerprint density at radius 1 is 1.17 bits per heavy atom. The highest BCUT2D eigenvalue weighted by Gasteiger charge is 2.31. The maximum absolute atomic E-state index is 12.9. The van der Waals surface area contributed by atoms with Crippen LogP contribution in [0.1, 0.15) is 43.5 Å². The molecule has 1 fully saturated rings. The number of aromatic nitrogens is 2. The number of piperazine rings is 1. The number of rotatable bonds is 7. The van der Waals surface area contributed by atoms with E-state index in [4.69, 9.17) is 4.52 Å². The number of benzene rings is 1. The van der Waals surface area contributed by atoms with E-state index in [9.17, 15) is 18.0 Å². The van der Waals surface area contributed by atoms with Gasteiger partial charge in [-0.3, -0.25) is 4.79 Å². The molecule has 2 heterocycles. The highest BCUT2D eigenvalue weighted by atomic mass is 19.4. The van der Waals surface area contributed by atoms with Crippen LogP contribution in [0.25, 0.3) is 0 Å². The van der Waals surface area contributed by atoms with Gasteiger partial charge in [0, 0.05) is 51.1 Å². The molecule has 29 heavy (non-hydrogen) atoms. The predicted molar refractivity (Wildman–Crippen MR) is 101 cm³/mol. The molecule has 158 valence electrons. The van der Waals surface area contributed by atoms with Crippen molar-refractivity contribution in [2.75, 3.05) is 31.1 Å². The third-order valence-corrected chi connectivity index (χ3v) is 4.94. The van der Waals surface area contributed by atoms with Crippen LogP contribution in [0.5, 0.6) is 0 Å². The fraction of sp³-hybridized carbons (Fsp3) is 0.550. The minimum Gasteiger partial charge on any atom is -0.368 e. The van der Waals surface area contributed by atoms with Gasteiger partial charge in [0.15, 0.2) is 5.82 Å². The van der Waals surface area contributed by atoms with Crippen LogP contribution in [0, 0.1) is 0 Å². The average molecular weight is 410 g/mol. The van der Waals surface area contributed by atoms with Gasteiger partial charge in [0.1, 0.15) is 0 Å². The maximum atomic E-state index is 12.9. The molecule has 0 N–H and O–H groups in total. The summed E-state index contributed by atoms with van der Waals surface area (Å²) >= 11 is 0. The van der Waals surface area contributed by atoms with E-state index in [-0.39, 0.29) is 5.91 Å². The summed E-state index contributed by atoms with van der Waals surface area (Å²) in [7, 11) is 0. The van der Waals surface area contributed by atoms with Crippen LogP contribution >= 0.6 is 0 Å². The summed E-state index contributed by atoms with van der Waals surface area (Å²) < 4.78 is 43.9. The maximum Gasteiger partial charge on any atom is 0.416 e. The summed E-state index contributed by atoms with van der Waals surface area (Å²) in [5.74, 6) is 1.29. The van der Waals surface area contributed by atoms with Crippen LogP contribution in [0.3, 0.4) is 0 Å². The first-order valence-electron chi connectivity index (χ1n) is 9.88. The first-order chi connectivity index (χ1) is 13.9. The van der Waals surface area contributed by atoms with E-state index in [1.807, 2.05) is 11.8 Å². The van der Waals surface area contributed by atoms with Crippen LogP contribution in [-0.4, -0.2) is 47.1 Å². The Labute approximate surface area is 167 Å². The van der Waals surface area contributed by atoms with Crippen molar-refractivity contribution in [1.82, 2.24) is 15.0 Å². The Bertz CT molecular complexity index is 814. The quantitative estimate of drug-likeness (QED) is 0.696. The number of amides is 1. The van der Waals surface area contributed by atoms with Crippen LogP contribution in [0.2, 0.25) is 0 Å². The first-order valence-corrected chi connectivity index (χ1v) is 9.88. The average Bonchev–Trinajstić information content (AvgIpc) is 3.15. The van der Waals surface area contributed by atoms with E-state index in [1.165, 1.54) is 6.07 Å². The molecule has 0 saturated carbocycles. The molecular weight excluding hydrogens is 385 g/mol. The van der Waals surface area contributed by atoms with E-state index in [2.05, 4.69) is 10.1 Å². The zero-order valence-corrected chi connectivity index (χ0v) is 16.4. The standard InChI is InChI=1S/C20H25F3N4O2/c1-2-5-17-24-18(29-25-17)8-4-9-19(28)27-12-10-26(11-13-27)16-7-3-6-15(14-16)20(21,22)23/h3,6-7,14H,2,4-5,8-13H2,1H3.